The van der Waals surface area contributed by atoms with E-state index in [-0.39, 0.29) is 0 Å². The monoisotopic (exact) mass is 277 g/mol. The van der Waals surface area contributed by atoms with E-state index in [1.807, 2.05) is 11.3 Å². The Labute approximate surface area is 116 Å². The Morgan fingerprint density at radius 1 is 1.39 bits per heavy atom. The molecular weight excluding hydrogens is 262 g/mol. The molecule has 3 nitrogen and oxygen atoms in total. The molecule has 3 fully saturated rings. The third kappa shape index (κ3) is 1.57. The van der Waals surface area contributed by atoms with Gasteiger partial charge in [-0.1, -0.05) is 6.07 Å². The molecule has 5 heterocycles. The van der Waals surface area contributed by atoms with Crippen LogP contribution in [-0.2, 0) is 0 Å². The first-order valence-electron chi connectivity index (χ1n) is 6.49. The molecule has 0 radical (unpaired) electrons. The molecular formula is C13H15N3S2. The van der Waals surface area contributed by atoms with E-state index in [0.717, 1.165) is 0 Å². The number of hydrogen-bond donors (Lipinski definition) is 1. The fourth-order valence-corrected chi connectivity index (χ4v) is 4.54. The fourth-order valence-electron chi connectivity index (χ4n) is 3.50. The second-order valence-electron chi connectivity index (χ2n) is 5.23. The first-order chi connectivity index (χ1) is 8.83. The number of aliphatic imine (C=N–C) groups is 1. The third-order valence-corrected chi connectivity index (χ3v) is 5.48. The number of nitrogens with zero attached hydrogens (tertiary/aromatic N) is 2. The van der Waals surface area contributed by atoms with Crippen LogP contribution in [0.1, 0.15) is 23.8 Å². The lowest BCUT2D eigenvalue weighted by atomic mass is 9.77. The molecule has 1 aromatic rings. The number of piperidine rings is 3. The van der Waals surface area contributed by atoms with E-state index in [2.05, 4.69) is 32.7 Å². The summed E-state index contributed by atoms with van der Waals surface area (Å²) in [6, 6.07) is 5.07. The van der Waals surface area contributed by atoms with Crippen LogP contribution in [0.15, 0.2) is 22.5 Å². The molecule has 18 heavy (non-hydrogen) atoms. The molecule has 4 aliphatic rings. The van der Waals surface area contributed by atoms with Crippen LogP contribution >= 0.6 is 23.6 Å². The molecule has 1 aromatic heterocycles. The summed E-state index contributed by atoms with van der Waals surface area (Å²) in [5.74, 6) is 0.669. The molecule has 0 aromatic carbocycles. The van der Waals surface area contributed by atoms with Crippen molar-refractivity contribution in [1.82, 2.24) is 10.2 Å². The summed E-state index contributed by atoms with van der Waals surface area (Å²) < 4.78 is 0. The first-order valence-corrected chi connectivity index (χ1v) is 7.78. The van der Waals surface area contributed by atoms with Gasteiger partial charge in [0.05, 0.1) is 12.1 Å². The normalized spacial score (nSPS) is 38.0. The molecule has 1 N–H and O–H groups in total. The SMILES string of the molecule is S=C1N=C2C3CCN(CC3)C2C(c2cccs2)N1. The summed E-state index contributed by atoms with van der Waals surface area (Å²) in [4.78, 5) is 8.61. The Morgan fingerprint density at radius 2 is 2.22 bits per heavy atom. The quantitative estimate of drug-likeness (QED) is 0.798. The van der Waals surface area contributed by atoms with Gasteiger partial charge in [0.15, 0.2) is 5.11 Å². The first kappa shape index (κ1) is 11.1. The predicted octanol–water partition coefficient (Wildman–Crippen LogP) is 2.21. The Kier molecular flexibility index (Phi) is 2.53. The predicted molar refractivity (Wildman–Crippen MR) is 78.3 cm³/mol. The van der Waals surface area contributed by atoms with Crippen molar-refractivity contribution in [2.24, 2.45) is 10.9 Å². The van der Waals surface area contributed by atoms with E-state index in [9.17, 15) is 0 Å². The second-order valence-corrected chi connectivity index (χ2v) is 6.60. The zero-order valence-electron chi connectivity index (χ0n) is 10.0. The van der Waals surface area contributed by atoms with Gasteiger partial charge < -0.3 is 5.32 Å². The van der Waals surface area contributed by atoms with E-state index < -0.39 is 0 Å². The van der Waals surface area contributed by atoms with Gasteiger partial charge >= 0.3 is 0 Å². The van der Waals surface area contributed by atoms with Crippen molar-refractivity contribution in [3.05, 3.63) is 22.4 Å². The maximum Gasteiger partial charge on any atom is 0.193 e. The smallest absolute Gasteiger partial charge is 0.193 e. The summed E-state index contributed by atoms with van der Waals surface area (Å²) in [6.45, 7) is 2.43. The van der Waals surface area contributed by atoms with E-state index in [1.165, 1.54) is 36.5 Å². The molecule has 94 valence electrons. The summed E-state index contributed by atoms with van der Waals surface area (Å²) in [6.07, 6.45) is 2.52. The van der Waals surface area contributed by atoms with Crippen molar-refractivity contribution in [2.75, 3.05) is 13.1 Å². The number of fused-ring (bicyclic) bond motifs is 2. The second kappa shape index (κ2) is 4.11. The minimum Gasteiger partial charge on any atom is -0.351 e. The van der Waals surface area contributed by atoms with Gasteiger partial charge in [-0.3, -0.25) is 4.90 Å². The zero-order chi connectivity index (χ0) is 12.1. The van der Waals surface area contributed by atoms with Gasteiger partial charge in [-0.15, -0.1) is 11.3 Å². The maximum absolute atomic E-state index is 5.33. The lowest BCUT2D eigenvalue weighted by molar-refractivity contribution is 0.124. The summed E-state index contributed by atoms with van der Waals surface area (Å²) >= 11 is 7.14. The van der Waals surface area contributed by atoms with E-state index in [1.54, 1.807) is 0 Å². The van der Waals surface area contributed by atoms with Gasteiger partial charge in [-0.25, -0.2) is 4.99 Å². The lowest BCUT2D eigenvalue weighted by Gasteiger charge is -2.50. The van der Waals surface area contributed by atoms with Crippen LogP contribution in [0.2, 0.25) is 0 Å². The van der Waals surface area contributed by atoms with Crippen molar-refractivity contribution < 1.29 is 0 Å². The Morgan fingerprint density at radius 3 is 2.94 bits per heavy atom. The van der Waals surface area contributed by atoms with Crippen LogP contribution in [0, 0.1) is 5.92 Å². The molecule has 0 aliphatic carbocycles. The number of nitrogens with one attached hydrogen (secondary N) is 1. The van der Waals surface area contributed by atoms with Gasteiger partial charge in [0.25, 0.3) is 0 Å². The molecule has 2 bridgehead atoms. The Hall–Kier alpha value is -0.780. The molecule has 5 heteroatoms. The topological polar surface area (TPSA) is 27.6 Å². The van der Waals surface area contributed by atoms with Crippen LogP contribution in [0.3, 0.4) is 0 Å². The van der Waals surface area contributed by atoms with Gasteiger partial charge in [-0.2, -0.15) is 0 Å². The summed E-state index contributed by atoms with van der Waals surface area (Å²) in [5, 5.41) is 6.23. The lowest BCUT2D eigenvalue weighted by Crippen LogP contribution is -2.62. The average molecular weight is 277 g/mol. The highest BCUT2D eigenvalue weighted by Crippen LogP contribution is 2.38. The van der Waals surface area contributed by atoms with Crippen LogP contribution in [0.25, 0.3) is 0 Å². The third-order valence-electron chi connectivity index (χ3n) is 4.32. The van der Waals surface area contributed by atoms with Crippen LogP contribution in [0.4, 0.5) is 0 Å². The number of hydrogen-bond acceptors (Lipinski definition) is 3. The number of thiocarbonyl (C=S) groups is 1. The molecule has 3 saturated heterocycles. The maximum atomic E-state index is 5.33. The van der Waals surface area contributed by atoms with Crippen molar-refractivity contribution >= 4 is 34.4 Å². The average Bonchev–Trinajstić information content (AvgIpc) is 2.92. The molecule has 5 rings (SSSR count). The van der Waals surface area contributed by atoms with Crippen LogP contribution < -0.4 is 5.32 Å². The summed E-state index contributed by atoms with van der Waals surface area (Å²) in [7, 11) is 0. The van der Waals surface area contributed by atoms with Gasteiger partial charge in [-0.05, 0) is 49.6 Å². The highest BCUT2D eigenvalue weighted by atomic mass is 32.1. The van der Waals surface area contributed by atoms with Gasteiger partial charge in [0.1, 0.15) is 0 Å². The van der Waals surface area contributed by atoms with Crippen molar-refractivity contribution in [2.45, 2.75) is 24.9 Å². The minimum atomic E-state index is 0.313. The highest BCUT2D eigenvalue weighted by molar-refractivity contribution is 7.80. The molecule has 2 unspecified atom stereocenters. The van der Waals surface area contributed by atoms with Gasteiger partial charge in [0.2, 0.25) is 0 Å². The Balaban J connectivity index is 1.78. The standard InChI is InChI=1S/C13H15N3S2/c17-13-14-10-8-3-5-16(6-4-8)12(10)11(15-13)9-2-1-7-18-9/h1-2,7-8,11-12H,3-6H2,(H,15,17). The highest BCUT2D eigenvalue weighted by Gasteiger charge is 2.46. The van der Waals surface area contributed by atoms with Crippen LogP contribution in [0.5, 0.6) is 0 Å². The number of rotatable bonds is 1. The van der Waals surface area contributed by atoms with Crippen molar-refractivity contribution in [3.63, 3.8) is 0 Å². The zero-order valence-corrected chi connectivity index (χ0v) is 11.6. The largest absolute Gasteiger partial charge is 0.351 e. The van der Waals surface area contributed by atoms with E-state index >= 15 is 0 Å². The minimum absolute atomic E-state index is 0.313. The summed E-state index contributed by atoms with van der Waals surface area (Å²) in [5.41, 5.74) is 1.34. The Bertz CT molecular complexity index is 500. The molecule has 2 atom stereocenters. The van der Waals surface area contributed by atoms with Crippen LogP contribution in [-0.4, -0.2) is 34.9 Å². The molecule has 0 saturated carbocycles. The van der Waals surface area contributed by atoms with Gasteiger partial charge in [0, 0.05) is 16.5 Å². The number of thiophene rings is 1. The molecule has 0 amide bonds. The van der Waals surface area contributed by atoms with E-state index in [0.29, 0.717) is 23.1 Å². The van der Waals surface area contributed by atoms with E-state index in [4.69, 9.17) is 12.2 Å². The molecule has 4 aliphatic heterocycles. The van der Waals surface area contributed by atoms with Crippen molar-refractivity contribution in [1.29, 1.82) is 0 Å². The fraction of sp³-hybridized carbons (Fsp3) is 0.538. The molecule has 0 spiro atoms. The van der Waals surface area contributed by atoms with Crippen molar-refractivity contribution in [3.8, 4) is 0 Å².